The van der Waals surface area contributed by atoms with E-state index in [4.69, 9.17) is 0 Å². The molecule has 1 N–H and O–H groups in total. The summed E-state index contributed by atoms with van der Waals surface area (Å²) in [6.45, 7) is 13.2. The van der Waals surface area contributed by atoms with Gasteiger partial charge in [-0.2, -0.15) is 0 Å². The average molecular weight is 382 g/mol. The minimum absolute atomic E-state index is 0. The lowest BCUT2D eigenvalue weighted by molar-refractivity contribution is -0.00000468. The van der Waals surface area contributed by atoms with E-state index < -0.39 is 7.26 Å². The monoisotopic (exact) mass is 381 g/mol. The van der Waals surface area contributed by atoms with Crippen LogP contribution in [-0.4, -0.2) is 30.8 Å². The first kappa shape index (κ1) is 24.1. The molecule has 0 aliphatic carbocycles. The maximum Gasteiger partial charge on any atom is 0.119 e. The van der Waals surface area contributed by atoms with E-state index in [0.717, 1.165) is 5.78 Å². The summed E-state index contributed by atoms with van der Waals surface area (Å²) in [5.41, 5.74) is 0. The van der Waals surface area contributed by atoms with Crippen LogP contribution in [0.3, 0.4) is 0 Å². The van der Waals surface area contributed by atoms with Gasteiger partial charge < -0.3 is 17.0 Å². The van der Waals surface area contributed by atoms with Crippen LogP contribution in [-0.2, 0) is 0 Å². The number of rotatable bonds is 14. The molecule has 0 aromatic heterocycles. The minimum Gasteiger partial charge on any atom is -1.00 e. The molecule has 0 saturated carbocycles. The Labute approximate surface area is 146 Å². The largest absolute Gasteiger partial charge is 1.00 e. The predicted octanol–water partition coefficient (Wildman–Crippen LogP) is 3.14. The van der Waals surface area contributed by atoms with Gasteiger partial charge in [-0.1, -0.05) is 46.0 Å². The summed E-state index contributed by atoms with van der Waals surface area (Å²) >= 11 is 0. The Morgan fingerprint density at radius 1 is 0.714 bits per heavy atom. The Morgan fingerprint density at radius 3 is 1.71 bits per heavy atom. The van der Waals surface area contributed by atoms with Crippen molar-refractivity contribution in [2.24, 2.45) is 0 Å². The fourth-order valence-corrected chi connectivity index (χ4v) is 7.22. The standard InChI is InChI=1S/C18H41NP.BrH/c1-6-11-13-15-17-19-18(16-14-12-7-2)20(8-3,9-4)10-5;/h18-19H,6-17H2,1-5H3;1H/q+1;/p-1. The topological polar surface area (TPSA) is 12.0 Å². The van der Waals surface area contributed by atoms with Crippen molar-refractivity contribution >= 4 is 7.26 Å². The van der Waals surface area contributed by atoms with Gasteiger partial charge in [-0.25, -0.2) is 0 Å². The summed E-state index contributed by atoms with van der Waals surface area (Å²) in [6.07, 6.45) is 15.4. The van der Waals surface area contributed by atoms with Crippen molar-refractivity contribution in [2.45, 2.75) is 91.8 Å². The second-order valence-corrected chi connectivity index (χ2v) is 11.2. The lowest BCUT2D eigenvalue weighted by atomic mass is 10.2. The van der Waals surface area contributed by atoms with Gasteiger partial charge in [-0.05, 0) is 46.6 Å². The van der Waals surface area contributed by atoms with Crippen LogP contribution < -0.4 is 22.3 Å². The van der Waals surface area contributed by atoms with Crippen molar-refractivity contribution in [2.75, 3.05) is 25.0 Å². The predicted molar refractivity (Wildman–Crippen MR) is 98.6 cm³/mol. The van der Waals surface area contributed by atoms with E-state index in [0.29, 0.717) is 0 Å². The van der Waals surface area contributed by atoms with Crippen LogP contribution in [0.5, 0.6) is 0 Å². The molecule has 0 spiro atoms. The molecule has 1 unspecified atom stereocenters. The third-order valence-corrected chi connectivity index (χ3v) is 10.6. The Morgan fingerprint density at radius 2 is 1.24 bits per heavy atom. The smallest absolute Gasteiger partial charge is 0.119 e. The fourth-order valence-electron chi connectivity index (χ4n) is 3.31. The SMILES string of the molecule is CCCCCCNC(CCCCC)[P+](CC)(CC)CC.[Br-]. The van der Waals surface area contributed by atoms with Crippen molar-refractivity contribution in [1.82, 2.24) is 5.32 Å². The molecule has 3 heteroatoms. The molecule has 1 nitrogen and oxygen atoms in total. The number of unbranched alkanes of at least 4 members (excludes halogenated alkanes) is 5. The third-order valence-electron chi connectivity index (χ3n) is 5.04. The molecule has 0 fully saturated rings. The molecule has 0 rings (SSSR count). The van der Waals surface area contributed by atoms with E-state index in [1.165, 1.54) is 76.4 Å². The van der Waals surface area contributed by atoms with Gasteiger partial charge in [-0.15, -0.1) is 0 Å². The highest BCUT2D eigenvalue weighted by atomic mass is 79.9. The van der Waals surface area contributed by atoms with Crippen LogP contribution in [0.25, 0.3) is 0 Å². The van der Waals surface area contributed by atoms with Gasteiger partial charge >= 0.3 is 0 Å². The van der Waals surface area contributed by atoms with E-state index in [-0.39, 0.29) is 17.0 Å². The van der Waals surface area contributed by atoms with Gasteiger partial charge in [0.2, 0.25) is 0 Å². The first-order chi connectivity index (χ1) is 9.70. The number of halogens is 1. The molecular formula is C18H41BrNP. The fraction of sp³-hybridized carbons (Fsp3) is 1.00. The number of nitrogens with one attached hydrogen (secondary N) is 1. The van der Waals surface area contributed by atoms with Crippen molar-refractivity contribution in [3.63, 3.8) is 0 Å². The summed E-state index contributed by atoms with van der Waals surface area (Å²) in [5.74, 6) is 0.843. The van der Waals surface area contributed by atoms with E-state index >= 15 is 0 Å². The van der Waals surface area contributed by atoms with Crippen molar-refractivity contribution < 1.29 is 17.0 Å². The van der Waals surface area contributed by atoms with Crippen LogP contribution in [0.2, 0.25) is 0 Å². The van der Waals surface area contributed by atoms with Crippen LogP contribution in [0.1, 0.15) is 86.0 Å². The van der Waals surface area contributed by atoms with Gasteiger partial charge in [0.05, 0.1) is 18.5 Å². The highest BCUT2D eigenvalue weighted by Crippen LogP contribution is 2.62. The van der Waals surface area contributed by atoms with Crippen LogP contribution in [0, 0.1) is 0 Å². The molecule has 0 bridgehead atoms. The molecule has 1 atom stereocenters. The number of hydrogen-bond acceptors (Lipinski definition) is 1. The van der Waals surface area contributed by atoms with Crippen LogP contribution in [0.15, 0.2) is 0 Å². The van der Waals surface area contributed by atoms with Crippen molar-refractivity contribution in [3.8, 4) is 0 Å². The highest BCUT2D eigenvalue weighted by Gasteiger charge is 2.39. The molecule has 0 saturated heterocycles. The summed E-state index contributed by atoms with van der Waals surface area (Å²) < 4.78 is 0. The Balaban J connectivity index is 0. The van der Waals surface area contributed by atoms with Gasteiger partial charge in [0.25, 0.3) is 0 Å². The Bertz CT molecular complexity index is 199. The Hall–Kier alpha value is 0.870. The van der Waals surface area contributed by atoms with Crippen molar-refractivity contribution in [3.05, 3.63) is 0 Å². The highest BCUT2D eigenvalue weighted by molar-refractivity contribution is 7.76. The van der Waals surface area contributed by atoms with Gasteiger partial charge in [0.15, 0.2) is 0 Å². The van der Waals surface area contributed by atoms with E-state index in [9.17, 15) is 0 Å². The zero-order valence-electron chi connectivity index (χ0n) is 15.4. The average Bonchev–Trinajstić information content (AvgIpc) is 2.48. The maximum absolute atomic E-state index is 3.98. The first-order valence-electron chi connectivity index (χ1n) is 9.29. The molecule has 0 radical (unpaired) electrons. The van der Waals surface area contributed by atoms with Gasteiger partial charge in [0, 0.05) is 7.26 Å². The summed E-state index contributed by atoms with van der Waals surface area (Å²) in [7, 11) is -0.756. The van der Waals surface area contributed by atoms with Gasteiger partial charge in [0.1, 0.15) is 5.78 Å². The molecule has 21 heavy (non-hydrogen) atoms. The summed E-state index contributed by atoms with van der Waals surface area (Å²) in [4.78, 5) is 0. The summed E-state index contributed by atoms with van der Waals surface area (Å²) in [5, 5.41) is 3.98. The quantitative estimate of drug-likeness (QED) is 0.360. The zero-order chi connectivity index (χ0) is 15.3. The second kappa shape index (κ2) is 15.8. The third kappa shape index (κ3) is 9.57. The molecular weight excluding hydrogens is 341 g/mol. The first-order valence-corrected chi connectivity index (χ1v) is 11.7. The van der Waals surface area contributed by atoms with E-state index in [2.05, 4.69) is 39.9 Å². The van der Waals surface area contributed by atoms with Gasteiger partial charge in [-0.3, -0.25) is 5.32 Å². The normalized spacial score (nSPS) is 13.0. The Kier molecular flexibility index (Phi) is 18.1. The summed E-state index contributed by atoms with van der Waals surface area (Å²) in [6, 6.07) is 0. The number of hydrogen-bond donors (Lipinski definition) is 1. The molecule has 0 aromatic rings. The molecule has 0 aromatic carbocycles. The lowest BCUT2D eigenvalue weighted by Crippen LogP contribution is -3.00. The zero-order valence-corrected chi connectivity index (χ0v) is 17.9. The molecule has 0 amide bonds. The molecule has 130 valence electrons. The maximum atomic E-state index is 3.98. The lowest BCUT2D eigenvalue weighted by Gasteiger charge is -2.33. The van der Waals surface area contributed by atoms with E-state index in [1.807, 2.05) is 0 Å². The molecule has 0 heterocycles. The van der Waals surface area contributed by atoms with E-state index in [1.54, 1.807) is 0 Å². The van der Waals surface area contributed by atoms with Crippen molar-refractivity contribution in [1.29, 1.82) is 0 Å². The minimum atomic E-state index is -0.756. The van der Waals surface area contributed by atoms with Crippen LogP contribution in [0.4, 0.5) is 0 Å². The van der Waals surface area contributed by atoms with Crippen LogP contribution >= 0.6 is 7.26 Å². The molecule has 0 aliphatic rings. The second-order valence-electron chi connectivity index (χ2n) is 6.19. The molecule has 0 aliphatic heterocycles.